The van der Waals surface area contributed by atoms with Crippen molar-refractivity contribution in [2.45, 2.75) is 39.3 Å². The summed E-state index contributed by atoms with van der Waals surface area (Å²) in [6, 6.07) is 6.81. The monoisotopic (exact) mass is 269 g/mol. The van der Waals surface area contributed by atoms with Gasteiger partial charge >= 0.3 is 0 Å². The standard InChI is InChI=1S/C16H19N3O/c1-11-3-4-12(2)15(7-11)20-16-10-17-8-14(19-16)9-18-13-5-6-13/h3-4,7-8,10,13,18H,5-6,9H2,1-2H3. The Bertz CT molecular complexity index is 608. The summed E-state index contributed by atoms with van der Waals surface area (Å²) in [7, 11) is 0. The lowest BCUT2D eigenvalue weighted by molar-refractivity contribution is 0.452. The molecule has 1 saturated carbocycles. The average Bonchev–Trinajstić information content (AvgIpc) is 3.25. The van der Waals surface area contributed by atoms with Crippen LogP contribution in [0.1, 0.15) is 29.7 Å². The van der Waals surface area contributed by atoms with Gasteiger partial charge in [-0.25, -0.2) is 4.98 Å². The molecule has 0 saturated heterocycles. The van der Waals surface area contributed by atoms with Crippen LogP contribution in [0, 0.1) is 13.8 Å². The van der Waals surface area contributed by atoms with Gasteiger partial charge in [0.05, 0.1) is 11.9 Å². The second-order valence-electron chi connectivity index (χ2n) is 5.37. The summed E-state index contributed by atoms with van der Waals surface area (Å²) in [6.45, 7) is 4.83. The van der Waals surface area contributed by atoms with E-state index in [1.54, 1.807) is 12.4 Å². The minimum Gasteiger partial charge on any atom is -0.437 e. The Morgan fingerprint density at radius 2 is 2.10 bits per heavy atom. The molecule has 3 rings (SSSR count). The summed E-state index contributed by atoms with van der Waals surface area (Å²) in [4.78, 5) is 8.70. The maximum Gasteiger partial charge on any atom is 0.238 e. The first kappa shape index (κ1) is 13.1. The molecule has 0 bridgehead atoms. The van der Waals surface area contributed by atoms with Crippen LogP contribution in [0.5, 0.6) is 11.6 Å². The SMILES string of the molecule is Cc1ccc(C)c(Oc2cncc(CNC3CC3)n2)c1. The molecule has 20 heavy (non-hydrogen) atoms. The number of rotatable bonds is 5. The zero-order valence-corrected chi connectivity index (χ0v) is 11.9. The highest BCUT2D eigenvalue weighted by Gasteiger charge is 2.20. The van der Waals surface area contributed by atoms with E-state index in [0.29, 0.717) is 11.9 Å². The van der Waals surface area contributed by atoms with Crippen molar-refractivity contribution in [1.82, 2.24) is 15.3 Å². The molecule has 4 heteroatoms. The Kier molecular flexibility index (Phi) is 3.65. The topological polar surface area (TPSA) is 47.0 Å². The third-order valence-electron chi connectivity index (χ3n) is 3.37. The highest BCUT2D eigenvalue weighted by Crippen LogP contribution is 2.24. The molecular formula is C16H19N3O. The molecule has 1 heterocycles. The van der Waals surface area contributed by atoms with Gasteiger partial charge in [0.15, 0.2) is 0 Å². The van der Waals surface area contributed by atoms with E-state index >= 15 is 0 Å². The Hall–Kier alpha value is -1.94. The molecule has 0 amide bonds. The second-order valence-corrected chi connectivity index (χ2v) is 5.37. The zero-order valence-electron chi connectivity index (χ0n) is 11.9. The van der Waals surface area contributed by atoms with Crippen LogP contribution >= 0.6 is 0 Å². The van der Waals surface area contributed by atoms with E-state index in [-0.39, 0.29) is 0 Å². The van der Waals surface area contributed by atoms with Crippen molar-refractivity contribution in [3.05, 3.63) is 47.4 Å². The number of nitrogens with zero attached hydrogens (tertiary/aromatic N) is 2. The van der Waals surface area contributed by atoms with Gasteiger partial charge in [-0.05, 0) is 43.9 Å². The maximum atomic E-state index is 5.85. The van der Waals surface area contributed by atoms with E-state index in [4.69, 9.17) is 4.74 Å². The van der Waals surface area contributed by atoms with Gasteiger partial charge in [-0.2, -0.15) is 0 Å². The van der Waals surface area contributed by atoms with Crippen molar-refractivity contribution in [1.29, 1.82) is 0 Å². The first-order valence-corrected chi connectivity index (χ1v) is 7.00. The molecule has 0 spiro atoms. The number of benzene rings is 1. The number of nitrogens with one attached hydrogen (secondary N) is 1. The molecule has 0 aliphatic heterocycles. The second kappa shape index (κ2) is 5.59. The lowest BCUT2D eigenvalue weighted by Crippen LogP contribution is -2.16. The molecule has 1 aliphatic rings. The third-order valence-corrected chi connectivity index (χ3v) is 3.37. The van der Waals surface area contributed by atoms with Crippen LogP contribution in [0.4, 0.5) is 0 Å². The Balaban J connectivity index is 1.72. The van der Waals surface area contributed by atoms with Gasteiger partial charge in [0.1, 0.15) is 5.75 Å². The number of aromatic nitrogens is 2. The van der Waals surface area contributed by atoms with Gasteiger partial charge in [0.25, 0.3) is 0 Å². The van der Waals surface area contributed by atoms with E-state index in [9.17, 15) is 0 Å². The first-order valence-electron chi connectivity index (χ1n) is 7.00. The fourth-order valence-electron chi connectivity index (χ4n) is 1.99. The van der Waals surface area contributed by atoms with Gasteiger partial charge in [-0.15, -0.1) is 0 Å². The number of hydrogen-bond donors (Lipinski definition) is 1. The molecular weight excluding hydrogens is 250 g/mol. The van der Waals surface area contributed by atoms with Crippen molar-refractivity contribution < 1.29 is 4.74 Å². The third kappa shape index (κ3) is 3.33. The van der Waals surface area contributed by atoms with E-state index in [1.807, 2.05) is 19.9 Å². The fraction of sp³-hybridized carbons (Fsp3) is 0.375. The van der Waals surface area contributed by atoms with Crippen molar-refractivity contribution in [2.24, 2.45) is 0 Å². The fourth-order valence-corrected chi connectivity index (χ4v) is 1.99. The predicted molar refractivity (Wildman–Crippen MR) is 77.9 cm³/mol. The highest BCUT2D eigenvalue weighted by molar-refractivity contribution is 5.38. The Labute approximate surface area is 119 Å². The molecule has 1 fully saturated rings. The maximum absolute atomic E-state index is 5.85. The number of aryl methyl sites for hydroxylation is 2. The van der Waals surface area contributed by atoms with E-state index < -0.39 is 0 Å². The summed E-state index contributed by atoms with van der Waals surface area (Å²) in [5.74, 6) is 1.39. The minimum atomic E-state index is 0.550. The number of ether oxygens (including phenoxy) is 1. The number of hydrogen-bond acceptors (Lipinski definition) is 4. The van der Waals surface area contributed by atoms with Gasteiger partial charge in [-0.1, -0.05) is 12.1 Å². The molecule has 0 radical (unpaired) electrons. The molecule has 1 aromatic heterocycles. The van der Waals surface area contributed by atoms with E-state index in [0.717, 1.165) is 23.6 Å². The van der Waals surface area contributed by atoms with Gasteiger partial charge in [0.2, 0.25) is 5.88 Å². The summed E-state index contributed by atoms with van der Waals surface area (Å²) < 4.78 is 5.85. The van der Waals surface area contributed by atoms with Crippen molar-refractivity contribution in [3.8, 4) is 11.6 Å². The largest absolute Gasteiger partial charge is 0.437 e. The smallest absolute Gasteiger partial charge is 0.238 e. The van der Waals surface area contributed by atoms with Crippen LogP contribution in [0.15, 0.2) is 30.6 Å². The minimum absolute atomic E-state index is 0.550. The van der Waals surface area contributed by atoms with Gasteiger partial charge in [0, 0.05) is 18.8 Å². The lowest BCUT2D eigenvalue weighted by Gasteiger charge is -2.09. The zero-order chi connectivity index (χ0) is 13.9. The molecule has 4 nitrogen and oxygen atoms in total. The molecule has 0 unspecified atom stereocenters. The summed E-state index contributed by atoms with van der Waals surface area (Å²) in [5.41, 5.74) is 3.18. The Morgan fingerprint density at radius 1 is 1.25 bits per heavy atom. The van der Waals surface area contributed by atoms with Crippen LogP contribution in [-0.2, 0) is 6.54 Å². The summed E-state index contributed by atoms with van der Waals surface area (Å²) in [6.07, 6.45) is 5.98. The average molecular weight is 269 g/mol. The molecule has 1 N–H and O–H groups in total. The van der Waals surface area contributed by atoms with Crippen LogP contribution in [0.2, 0.25) is 0 Å². The van der Waals surface area contributed by atoms with Gasteiger partial charge in [-0.3, -0.25) is 4.98 Å². The van der Waals surface area contributed by atoms with E-state index in [1.165, 1.54) is 18.4 Å². The van der Waals surface area contributed by atoms with Crippen molar-refractivity contribution >= 4 is 0 Å². The first-order chi connectivity index (χ1) is 9.70. The van der Waals surface area contributed by atoms with Crippen LogP contribution in [0.3, 0.4) is 0 Å². The molecule has 104 valence electrons. The van der Waals surface area contributed by atoms with Gasteiger partial charge < -0.3 is 10.1 Å². The highest BCUT2D eigenvalue weighted by atomic mass is 16.5. The molecule has 0 atom stereocenters. The van der Waals surface area contributed by atoms with Crippen molar-refractivity contribution in [3.63, 3.8) is 0 Å². The van der Waals surface area contributed by atoms with Crippen LogP contribution < -0.4 is 10.1 Å². The molecule has 2 aromatic rings. The quantitative estimate of drug-likeness (QED) is 0.906. The molecule has 1 aromatic carbocycles. The van der Waals surface area contributed by atoms with Crippen LogP contribution in [0.25, 0.3) is 0 Å². The summed E-state index contributed by atoms with van der Waals surface area (Å²) in [5, 5.41) is 3.43. The predicted octanol–water partition coefficient (Wildman–Crippen LogP) is 3.14. The Morgan fingerprint density at radius 3 is 2.90 bits per heavy atom. The normalized spacial score (nSPS) is 14.3. The van der Waals surface area contributed by atoms with Crippen LogP contribution in [-0.4, -0.2) is 16.0 Å². The van der Waals surface area contributed by atoms with Crippen molar-refractivity contribution in [2.75, 3.05) is 0 Å². The van der Waals surface area contributed by atoms with E-state index in [2.05, 4.69) is 27.4 Å². The lowest BCUT2D eigenvalue weighted by atomic mass is 10.1. The molecule has 1 aliphatic carbocycles. The summed E-state index contributed by atoms with van der Waals surface area (Å²) >= 11 is 0.